The molecule has 7 heteroatoms. The van der Waals surface area contributed by atoms with Crippen LogP contribution in [0.4, 0.5) is 0 Å². The largest absolute Gasteiger partial charge is 0.423 e. The van der Waals surface area contributed by atoms with Crippen LogP contribution in [0.25, 0.3) is 11.0 Å². The zero-order chi connectivity index (χ0) is 15.7. The topological polar surface area (TPSA) is 73.6 Å². The molecule has 0 spiro atoms. The molecule has 0 unspecified atom stereocenters. The maximum Gasteiger partial charge on any atom is 0.340 e. The van der Waals surface area contributed by atoms with E-state index in [0.29, 0.717) is 9.86 Å². The molecule has 0 radical (unpaired) electrons. The summed E-state index contributed by atoms with van der Waals surface area (Å²) in [5.41, 5.74) is -0.259. The second-order valence-corrected chi connectivity index (χ2v) is 6.79. The van der Waals surface area contributed by atoms with Gasteiger partial charge >= 0.3 is 15.7 Å². The van der Waals surface area contributed by atoms with E-state index in [-0.39, 0.29) is 16.2 Å². The van der Waals surface area contributed by atoms with Crippen molar-refractivity contribution in [1.82, 2.24) is 0 Å². The first kappa shape index (κ1) is 14.8. The molecule has 0 N–H and O–H groups in total. The lowest BCUT2D eigenvalue weighted by Crippen LogP contribution is -2.10. The third-order valence-corrected chi connectivity index (χ3v) is 5.17. The molecular formula is C15H9BrO5S. The van der Waals surface area contributed by atoms with Gasteiger partial charge in [0.25, 0.3) is 0 Å². The van der Waals surface area contributed by atoms with Gasteiger partial charge in [0.2, 0.25) is 0 Å². The summed E-state index contributed by atoms with van der Waals surface area (Å²) in [7, 11) is -3.99. The highest BCUT2D eigenvalue weighted by Gasteiger charge is 2.19. The summed E-state index contributed by atoms with van der Waals surface area (Å²) >= 11 is 3.18. The molecule has 3 aromatic rings. The Morgan fingerprint density at radius 2 is 1.73 bits per heavy atom. The molecule has 0 aliphatic heterocycles. The minimum atomic E-state index is -3.99. The minimum absolute atomic E-state index is 0.0182. The summed E-state index contributed by atoms with van der Waals surface area (Å²) in [5.74, 6) is 0.0672. The van der Waals surface area contributed by atoms with Crippen LogP contribution in [-0.4, -0.2) is 8.42 Å². The monoisotopic (exact) mass is 380 g/mol. The Morgan fingerprint density at radius 1 is 1.00 bits per heavy atom. The summed E-state index contributed by atoms with van der Waals surface area (Å²) in [5, 5.41) is 0.672. The summed E-state index contributed by atoms with van der Waals surface area (Å²) < 4.78 is 35.1. The zero-order valence-electron chi connectivity index (χ0n) is 11.0. The van der Waals surface area contributed by atoms with Crippen LogP contribution >= 0.6 is 15.9 Å². The van der Waals surface area contributed by atoms with Gasteiger partial charge in [-0.05, 0) is 46.3 Å². The summed E-state index contributed by atoms with van der Waals surface area (Å²) in [6.45, 7) is 0. The van der Waals surface area contributed by atoms with E-state index in [1.165, 1.54) is 24.3 Å². The van der Waals surface area contributed by atoms with Crippen LogP contribution in [0.2, 0.25) is 0 Å². The smallest absolute Gasteiger partial charge is 0.340 e. The van der Waals surface area contributed by atoms with Gasteiger partial charge in [-0.15, -0.1) is 0 Å². The lowest BCUT2D eigenvalue weighted by molar-refractivity contribution is 0.484. The molecule has 0 aliphatic rings. The van der Waals surface area contributed by atoms with Gasteiger partial charge in [-0.25, -0.2) is 4.79 Å². The van der Waals surface area contributed by atoms with Crippen LogP contribution in [0.5, 0.6) is 5.75 Å². The molecule has 0 fully saturated rings. The normalized spacial score (nSPS) is 11.5. The van der Waals surface area contributed by atoms with Crippen molar-refractivity contribution in [2.24, 2.45) is 0 Å². The van der Waals surface area contributed by atoms with Crippen molar-refractivity contribution in [1.29, 1.82) is 0 Å². The number of halogens is 1. The molecule has 0 atom stereocenters. The van der Waals surface area contributed by atoms with Crippen LogP contribution in [-0.2, 0) is 10.1 Å². The van der Waals surface area contributed by atoms with Crippen LogP contribution in [0, 0.1) is 0 Å². The average molecular weight is 381 g/mol. The van der Waals surface area contributed by atoms with E-state index in [9.17, 15) is 13.2 Å². The Morgan fingerprint density at radius 3 is 2.50 bits per heavy atom. The van der Waals surface area contributed by atoms with E-state index in [1.54, 1.807) is 30.3 Å². The predicted octanol–water partition coefficient (Wildman–Crippen LogP) is 3.32. The van der Waals surface area contributed by atoms with E-state index in [1.807, 2.05) is 0 Å². The van der Waals surface area contributed by atoms with Gasteiger partial charge in [-0.3, -0.25) is 0 Å². The van der Waals surface area contributed by atoms with Gasteiger partial charge in [0.1, 0.15) is 16.2 Å². The van der Waals surface area contributed by atoms with E-state index < -0.39 is 15.7 Å². The van der Waals surface area contributed by atoms with E-state index in [2.05, 4.69) is 15.9 Å². The van der Waals surface area contributed by atoms with Crippen molar-refractivity contribution in [2.45, 2.75) is 4.90 Å². The van der Waals surface area contributed by atoms with Gasteiger partial charge in [0.05, 0.1) is 0 Å². The molecule has 112 valence electrons. The second-order valence-electron chi connectivity index (χ2n) is 4.42. The lowest BCUT2D eigenvalue weighted by Gasteiger charge is -2.08. The van der Waals surface area contributed by atoms with Crippen molar-refractivity contribution in [3.05, 3.63) is 69.5 Å². The standard InChI is InChI=1S/C15H9BrO5S/c16-12-3-1-2-4-14(12)22(18,19)21-11-7-5-10-6-8-15(17)20-13(10)9-11/h1-9H. The number of fused-ring (bicyclic) bond motifs is 1. The maximum absolute atomic E-state index is 12.3. The second kappa shape index (κ2) is 5.58. The molecule has 22 heavy (non-hydrogen) atoms. The molecular weight excluding hydrogens is 372 g/mol. The third-order valence-electron chi connectivity index (χ3n) is 2.91. The zero-order valence-corrected chi connectivity index (χ0v) is 13.4. The molecule has 1 aromatic heterocycles. The van der Waals surface area contributed by atoms with Crippen LogP contribution in [0.15, 0.2) is 73.2 Å². The lowest BCUT2D eigenvalue weighted by atomic mass is 10.2. The number of rotatable bonds is 3. The van der Waals surface area contributed by atoms with Crippen molar-refractivity contribution < 1.29 is 17.0 Å². The van der Waals surface area contributed by atoms with Crippen molar-refractivity contribution in [3.8, 4) is 5.75 Å². The predicted molar refractivity (Wildman–Crippen MR) is 84.4 cm³/mol. The SMILES string of the molecule is O=c1ccc2ccc(OS(=O)(=O)c3ccccc3Br)cc2o1. The molecule has 3 rings (SSSR count). The van der Waals surface area contributed by atoms with Crippen molar-refractivity contribution in [2.75, 3.05) is 0 Å². The first-order valence-corrected chi connectivity index (χ1v) is 8.39. The molecule has 0 bridgehead atoms. The summed E-state index contributed by atoms with van der Waals surface area (Å²) in [6.07, 6.45) is 0. The molecule has 0 saturated heterocycles. The molecule has 0 saturated carbocycles. The summed E-state index contributed by atoms with van der Waals surface area (Å²) in [6, 6.07) is 13.7. The van der Waals surface area contributed by atoms with Gasteiger partial charge in [-0.2, -0.15) is 8.42 Å². The first-order chi connectivity index (χ1) is 10.5. The minimum Gasteiger partial charge on any atom is -0.423 e. The van der Waals surface area contributed by atoms with Gasteiger partial charge in [0, 0.05) is 22.0 Å². The molecule has 0 amide bonds. The number of hydrogen-bond acceptors (Lipinski definition) is 5. The molecule has 1 heterocycles. The highest BCUT2D eigenvalue weighted by molar-refractivity contribution is 9.10. The van der Waals surface area contributed by atoms with E-state index >= 15 is 0 Å². The Bertz CT molecular complexity index is 1010. The number of benzene rings is 2. The quantitative estimate of drug-likeness (QED) is 0.514. The van der Waals surface area contributed by atoms with Crippen molar-refractivity contribution in [3.63, 3.8) is 0 Å². The van der Waals surface area contributed by atoms with Crippen molar-refractivity contribution >= 4 is 37.0 Å². The van der Waals surface area contributed by atoms with Crippen LogP contribution in [0.1, 0.15) is 0 Å². The van der Waals surface area contributed by atoms with Gasteiger partial charge in [0.15, 0.2) is 0 Å². The fourth-order valence-electron chi connectivity index (χ4n) is 1.91. The summed E-state index contributed by atoms with van der Waals surface area (Å²) in [4.78, 5) is 11.2. The first-order valence-electron chi connectivity index (χ1n) is 6.19. The Kier molecular flexibility index (Phi) is 3.76. The Balaban J connectivity index is 2.02. The highest BCUT2D eigenvalue weighted by Crippen LogP contribution is 2.26. The Labute approximate surface area is 134 Å². The Hall–Kier alpha value is -2.12. The third kappa shape index (κ3) is 2.90. The molecule has 0 aliphatic carbocycles. The van der Waals surface area contributed by atoms with Gasteiger partial charge in [-0.1, -0.05) is 12.1 Å². The van der Waals surface area contributed by atoms with E-state index in [0.717, 1.165) is 0 Å². The molecule has 2 aromatic carbocycles. The highest BCUT2D eigenvalue weighted by atomic mass is 79.9. The number of hydrogen-bond donors (Lipinski definition) is 0. The van der Waals surface area contributed by atoms with Crippen LogP contribution in [0.3, 0.4) is 0 Å². The van der Waals surface area contributed by atoms with Crippen LogP contribution < -0.4 is 9.81 Å². The average Bonchev–Trinajstić information content (AvgIpc) is 2.46. The maximum atomic E-state index is 12.3. The fourth-order valence-corrected chi connectivity index (χ4v) is 3.79. The van der Waals surface area contributed by atoms with Gasteiger partial charge < -0.3 is 8.60 Å². The molecule has 5 nitrogen and oxygen atoms in total. The van der Waals surface area contributed by atoms with E-state index in [4.69, 9.17) is 8.60 Å². The fraction of sp³-hybridized carbons (Fsp3) is 0.